The molecule has 0 spiro atoms. The van der Waals surface area contributed by atoms with Crippen LogP contribution in [0.1, 0.15) is 35.4 Å². The lowest BCUT2D eigenvalue weighted by molar-refractivity contribution is -0.127. The number of amides is 2. The molecule has 0 saturated carbocycles. The molecule has 0 aromatic carbocycles. The second-order valence-electron chi connectivity index (χ2n) is 5.69. The highest BCUT2D eigenvalue weighted by Crippen LogP contribution is 2.22. The lowest BCUT2D eigenvalue weighted by Gasteiger charge is -2.35. The number of rotatable bonds is 3. The third-order valence-electron chi connectivity index (χ3n) is 4.20. The van der Waals surface area contributed by atoms with Gasteiger partial charge >= 0.3 is 0 Å². The van der Waals surface area contributed by atoms with Crippen molar-refractivity contribution in [1.82, 2.24) is 15.5 Å². The molecule has 3 heterocycles. The van der Waals surface area contributed by atoms with Crippen molar-refractivity contribution in [3.63, 3.8) is 0 Å². The summed E-state index contributed by atoms with van der Waals surface area (Å²) in [6.45, 7) is 2.46. The van der Waals surface area contributed by atoms with Gasteiger partial charge in [-0.3, -0.25) is 9.59 Å². The van der Waals surface area contributed by atoms with Gasteiger partial charge in [0.15, 0.2) is 0 Å². The van der Waals surface area contributed by atoms with E-state index >= 15 is 0 Å². The van der Waals surface area contributed by atoms with Crippen LogP contribution >= 0.6 is 11.3 Å². The highest BCUT2D eigenvalue weighted by molar-refractivity contribution is 7.12. The molecule has 0 bridgehead atoms. The minimum absolute atomic E-state index is 0.00519. The summed E-state index contributed by atoms with van der Waals surface area (Å²) in [5.41, 5.74) is 0. The van der Waals surface area contributed by atoms with Gasteiger partial charge in [-0.15, -0.1) is 11.3 Å². The molecule has 3 rings (SSSR count). The number of carbonyl (C=O) groups excluding carboxylic acids is 2. The van der Waals surface area contributed by atoms with Crippen LogP contribution in [0, 0.1) is 0 Å². The Balaban J connectivity index is 1.68. The summed E-state index contributed by atoms with van der Waals surface area (Å²) in [4.78, 5) is 27.5. The summed E-state index contributed by atoms with van der Waals surface area (Å²) >= 11 is 1.44. The summed E-state index contributed by atoms with van der Waals surface area (Å²) in [7, 11) is 0. The highest BCUT2D eigenvalue weighted by atomic mass is 32.1. The first-order valence-corrected chi connectivity index (χ1v) is 8.49. The maximum atomic E-state index is 12.6. The zero-order valence-corrected chi connectivity index (χ0v) is 12.8. The molecule has 2 aliphatic rings. The second-order valence-corrected chi connectivity index (χ2v) is 6.63. The molecule has 2 unspecified atom stereocenters. The van der Waals surface area contributed by atoms with Gasteiger partial charge in [0.25, 0.3) is 5.91 Å². The first-order valence-electron chi connectivity index (χ1n) is 7.61. The SMILES string of the molecule is O=C(NC1CCNC1)C1CCCCN1C(=O)c1cccs1. The van der Waals surface area contributed by atoms with Crippen LogP contribution in [0.4, 0.5) is 0 Å². The Morgan fingerprint density at radius 2 is 2.24 bits per heavy atom. The predicted molar refractivity (Wildman–Crippen MR) is 82.4 cm³/mol. The minimum Gasteiger partial charge on any atom is -0.350 e. The fourth-order valence-electron chi connectivity index (χ4n) is 3.06. The van der Waals surface area contributed by atoms with Crippen LogP contribution in [0.15, 0.2) is 17.5 Å². The van der Waals surface area contributed by atoms with Crippen molar-refractivity contribution in [1.29, 1.82) is 0 Å². The Bertz CT molecular complexity index is 497. The molecular weight excluding hydrogens is 286 g/mol. The molecule has 2 aliphatic heterocycles. The third kappa shape index (κ3) is 3.27. The van der Waals surface area contributed by atoms with E-state index in [1.807, 2.05) is 17.5 Å². The monoisotopic (exact) mass is 307 g/mol. The molecule has 6 heteroatoms. The van der Waals surface area contributed by atoms with Crippen molar-refractivity contribution >= 4 is 23.2 Å². The molecule has 2 atom stereocenters. The second kappa shape index (κ2) is 6.58. The molecular formula is C15H21N3O2S. The van der Waals surface area contributed by atoms with E-state index in [2.05, 4.69) is 10.6 Å². The molecule has 2 N–H and O–H groups in total. The van der Waals surface area contributed by atoms with E-state index in [0.717, 1.165) is 43.6 Å². The van der Waals surface area contributed by atoms with E-state index in [1.54, 1.807) is 4.90 Å². The molecule has 114 valence electrons. The largest absolute Gasteiger partial charge is 0.350 e. The summed E-state index contributed by atoms with van der Waals surface area (Å²) in [6, 6.07) is 3.60. The molecule has 1 aromatic rings. The van der Waals surface area contributed by atoms with Crippen LogP contribution < -0.4 is 10.6 Å². The van der Waals surface area contributed by atoms with E-state index in [0.29, 0.717) is 6.54 Å². The number of nitrogens with zero attached hydrogens (tertiary/aromatic N) is 1. The molecule has 2 saturated heterocycles. The van der Waals surface area contributed by atoms with Crippen LogP contribution in [0.5, 0.6) is 0 Å². The van der Waals surface area contributed by atoms with Crippen molar-refractivity contribution < 1.29 is 9.59 Å². The van der Waals surface area contributed by atoms with Gasteiger partial charge in [-0.1, -0.05) is 6.07 Å². The normalized spacial score (nSPS) is 25.8. The minimum atomic E-state index is -0.311. The number of carbonyl (C=O) groups is 2. The Labute approximate surface area is 128 Å². The van der Waals surface area contributed by atoms with Crippen LogP contribution in [0.2, 0.25) is 0 Å². The van der Waals surface area contributed by atoms with Gasteiger partial charge in [0.1, 0.15) is 6.04 Å². The Morgan fingerprint density at radius 1 is 1.33 bits per heavy atom. The van der Waals surface area contributed by atoms with Gasteiger partial charge < -0.3 is 15.5 Å². The van der Waals surface area contributed by atoms with Gasteiger partial charge in [0, 0.05) is 19.1 Å². The van der Waals surface area contributed by atoms with E-state index < -0.39 is 0 Å². The summed E-state index contributed by atoms with van der Waals surface area (Å²) in [5.74, 6) is 0.00250. The standard InChI is InChI=1S/C15H21N3O2S/c19-14(17-11-6-7-16-10-11)12-4-1-2-8-18(12)15(20)13-5-3-9-21-13/h3,5,9,11-12,16H,1-2,4,6-8,10H2,(H,17,19). The molecule has 1 aromatic heterocycles. The van der Waals surface area contributed by atoms with E-state index in [1.165, 1.54) is 11.3 Å². The zero-order chi connectivity index (χ0) is 14.7. The fraction of sp³-hybridized carbons (Fsp3) is 0.600. The van der Waals surface area contributed by atoms with E-state index in [9.17, 15) is 9.59 Å². The Kier molecular flexibility index (Phi) is 4.55. The van der Waals surface area contributed by atoms with E-state index in [-0.39, 0.29) is 23.9 Å². The Hall–Kier alpha value is -1.40. The first-order chi connectivity index (χ1) is 10.3. The molecule has 0 aliphatic carbocycles. The zero-order valence-electron chi connectivity index (χ0n) is 12.0. The smallest absolute Gasteiger partial charge is 0.264 e. The maximum absolute atomic E-state index is 12.6. The highest BCUT2D eigenvalue weighted by Gasteiger charge is 2.34. The van der Waals surface area contributed by atoms with Crippen LogP contribution in [0.25, 0.3) is 0 Å². The summed E-state index contributed by atoms with van der Waals surface area (Å²) in [5, 5.41) is 8.23. The maximum Gasteiger partial charge on any atom is 0.264 e. The number of hydrogen-bond acceptors (Lipinski definition) is 4. The lowest BCUT2D eigenvalue weighted by atomic mass is 10.0. The van der Waals surface area contributed by atoms with E-state index in [4.69, 9.17) is 0 Å². The molecule has 0 radical (unpaired) electrons. The number of hydrogen-bond donors (Lipinski definition) is 2. The number of thiophene rings is 1. The Morgan fingerprint density at radius 3 is 2.95 bits per heavy atom. The van der Waals surface area contributed by atoms with Crippen LogP contribution in [-0.4, -0.2) is 48.4 Å². The van der Waals surface area contributed by atoms with Gasteiger partial charge in [0.05, 0.1) is 4.88 Å². The first kappa shape index (κ1) is 14.5. The third-order valence-corrected chi connectivity index (χ3v) is 5.06. The summed E-state index contributed by atoms with van der Waals surface area (Å²) in [6.07, 6.45) is 3.72. The molecule has 21 heavy (non-hydrogen) atoms. The van der Waals surface area contributed by atoms with Crippen LogP contribution in [-0.2, 0) is 4.79 Å². The molecule has 2 amide bonds. The van der Waals surface area contributed by atoms with Crippen molar-refractivity contribution in [2.45, 2.75) is 37.8 Å². The quantitative estimate of drug-likeness (QED) is 0.883. The van der Waals surface area contributed by atoms with Gasteiger partial charge in [-0.25, -0.2) is 0 Å². The van der Waals surface area contributed by atoms with Crippen LogP contribution in [0.3, 0.4) is 0 Å². The van der Waals surface area contributed by atoms with Crippen molar-refractivity contribution in [2.75, 3.05) is 19.6 Å². The topological polar surface area (TPSA) is 61.4 Å². The van der Waals surface area contributed by atoms with Gasteiger partial charge in [-0.2, -0.15) is 0 Å². The summed E-state index contributed by atoms with van der Waals surface area (Å²) < 4.78 is 0. The van der Waals surface area contributed by atoms with Crippen molar-refractivity contribution in [2.24, 2.45) is 0 Å². The fourth-order valence-corrected chi connectivity index (χ4v) is 3.74. The predicted octanol–water partition coefficient (Wildman–Crippen LogP) is 1.22. The average molecular weight is 307 g/mol. The number of nitrogens with one attached hydrogen (secondary N) is 2. The van der Waals surface area contributed by atoms with Gasteiger partial charge in [-0.05, 0) is 43.7 Å². The lowest BCUT2D eigenvalue weighted by Crippen LogP contribution is -2.53. The number of piperidine rings is 1. The van der Waals surface area contributed by atoms with Crippen molar-refractivity contribution in [3.8, 4) is 0 Å². The van der Waals surface area contributed by atoms with Gasteiger partial charge in [0.2, 0.25) is 5.91 Å². The molecule has 2 fully saturated rings. The molecule has 5 nitrogen and oxygen atoms in total. The van der Waals surface area contributed by atoms with Crippen molar-refractivity contribution in [3.05, 3.63) is 22.4 Å². The average Bonchev–Trinajstić information content (AvgIpc) is 3.19. The number of likely N-dealkylation sites (tertiary alicyclic amines) is 1.